The maximum Gasteiger partial charge on any atom is 0.319 e. The van der Waals surface area contributed by atoms with Crippen LogP contribution in [-0.2, 0) is 0 Å². The molecule has 0 aliphatic carbocycles. The Hall–Kier alpha value is -3.23. The van der Waals surface area contributed by atoms with E-state index in [-0.39, 0.29) is 0 Å². The highest BCUT2D eigenvalue weighted by Gasteiger charge is 2.34. The molecule has 4 aromatic rings. The average Bonchev–Trinajstić information content (AvgIpc) is 3.61. The van der Waals surface area contributed by atoms with Gasteiger partial charge in [-0.15, -0.1) is 0 Å². The molecule has 2 bridgehead atoms. The highest BCUT2D eigenvalue weighted by atomic mass is 16.5. The van der Waals surface area contributed by atoms with Crippen LogP contribution in [0.4, 0.5) is 5.82 Å². The number of hydrogen-bond donors (Lipinski definition) is 2. The third kappa shape index (κ3) is 3.79. The zero-order valence-corrected chi connectivity index (χ0v) is 21.0. The molecule has 7 rings (SSSR count). The van der Waals surface area contributed by atoms with Gasteiger partial charge in [-0.2, -0.15) is 15.1 Å². The van der Waals surface area contributed by atoms with Gasteiger partial charge in [0.15, 0.2) is 0 Å². The lowest BCUT2D eigenvalue weighted by atomic mass is 9.96. The van der Waals surface area contributed by atoms with E-state index in [2.05, 4.69) is 69.6 Å². The number of likely N-dealkylation sites (N-methyl/N-ethyl adjacent to an activating group) is 1. The third-order valence-corrected chi connectivity index (χ3v) is 8.37. The Morgan fingerprint density at radius 3 is 2.69 bits per heavy atom. The fourth-order valence-electron chi connectivity index (χ4n) is 6.39. The molecule has 3 fully saturated rings. The summed E-state index contributed by atoms with van der Waals surface area (Å²) >= 11 is 0. The van der Waals surface area contributed by atoms with E-state index in [1.54, 1.807) is 0 Å². The number of H-pyrrole nitrogens is 1. The van der Waals surface area contributed by atoms with Gasteiger partial charge in [-0.3, -0.25) is 5.10 Å². The largest absolute Gasteiger partial charge is 0.462 e. The summed E-state index contributed by atoms with van der Waals surface area (Å²) in [5.74, 6) is 0.998. The Balaban J connectivity index is 1.32. The lowest BCUT2D eigenvalue weighted by molar-refractivity contribution is 0.188. The first kappa shape index (κ1) is 22.0. The van der Waals surface area contributed by atoms with E-state index in [1.165, 1.54) is 30.4 Å². The minimum atomic E-state index is 0.426. The Labute approximate surface area is 211 Å². The Morgan fingerprint density at radius 2 is 1.89 bits per heavy atom. The molecule has 8 nitrogen and oxygen atoms in total. The molecule has 0 spiro atoms. The molecule has 36 heavy (non-hydrogen) atoms. The predicted molar refractivity (Wildman–Crippen MR) is 143 cm³/mol. The van der Waals surface area contributed by atoms with Gasteiger partial charge in [-0.05, 0) is 81.1 Å². The Bertz CT molecular complexity index is 1420. The number of nitrogens with one attached hydrogen (secondary N) is 2. The Kier molecular flexibility index (Phi) is 5.32. The number of nitrogens with zero attached hydrogens (tertiary/aromatic N) is 5. The van der Waals surface area contributed by atoms with E-state index in [9.17, 15) is 0 Å². The summed E-state index contributed by atoms with van der Waals surface area (Å²) in [6, 6.07) is 12.8. The van der Waals surface area contributed by atoms with Crippen LogP contribution in [-0.4, -0.2) is 76.5 Å². The first-order chi connectivity index (χ1) is 17.6. The van der Waals surface area contributed by atoms with Crippen LogP contribution < -0.4 is 15.0 Å². The summed E-state index contributed by atoms with van der Waals surface area (Å²) in [7, 11) is 2.18. The number of aromatic amines is 1. The molecule has 186 valence electrons. The first-order valence-electron chi connectivity index (χ1n) is 13.2. The molecule has 2 aromatic heterocycles. The minimum Gasteiger partial charge on any atom is -0.462 e. The second-order valence-corrected chi connectivity index (χ2v) is 10.8. The van der Waals surface area contributed by atoms with Crippen molar-refractivity contribution in [2.45, 2.75) is 50.7 Å². The predicted octanol–water partition coefficient (Wildman–Crippen LogP) is 3.90. The molecule has 3 aliphatic rings. The molecule has 0 saturated carbocycles. The standard InChI is InChI=1S/C28H33N7O/c1-17-5-10-24-23(13-29-33-24)26(17)18-6-9-22-25(12-18)31-28(36-16-21-4-3-11-34(21)2)32-27(22)35-14-19-7-8-20(15-35)30-19/h5-6,9-10,12-13,19-21,30H,3-4,7-8,11,14-16H2,1-2H3,(H,29,33)/t19-,20+,21-/m0/s1. The number of aromatic nitrogens is 4. The van der Waals surface area contributed by atoms with Crippen molar-refractivity contribution in [3.63, 3.8) is 0 Å². The molecule has 3 saturated heterocycles. The topological polar surface area (TPSA) is 82.2 Å². The molecule has 0 radical (unpaired) electrons. The van der Waals surface area contributed by atoms with E-state index < -0.39 is 0 Å². The number of piperazine rings is 1. The molecular formula is C28H33N7O. The number of benzene rings is 2. The second kappa shape index (κ2) is 8.71. The number of hydrogen-bond acceptors (Lipinski definition) is 7. The zero-order valence-electron chi connectivity index (χ0n) is 21.0. The van der Waals surface area contributed by atoms with Crippen LogP contribution in [0, 0.1) is 6.92 Å². The van der Waals surface area contributed by atoms with Crippen molar-refractivity contribution in [1.82, 2.24) is 30.4 Å². The fraction of sp³-hybridized carbons (Fsp3) is 0.464. The maximum absolute atomic E-state index is 6.28. The van der Waals surface area contributed by atoms with E-state index in [1.807, 2.05) is 6.20 Å². The van der Waals surface area contributed by atoms with E-state index >= 15 is 0 Å². The van der Waals surface area contributed by atoms with Crippen molar-refractivity contribution in [3.05, 3.63) is 42.1 Å². The molecule has 0 unspecified atom stereocenters. The molecule has 2 N–H and O–H groups in total. The number of likely N-dealkylation sites (tertiary alicyclic amines) is 1. The minimum absolute atomic E-state index is 0.426. The van der Waals surface area contributed by atoms with Crippen LogP contribution in [0.3, 0.4) is 0 Å². The van der Waals surface area contributed by atoms with Crippen molar-refractivity contribution >= 4 is 27.6 Å². The van der Waals surface area contributed by atoms with Crippen molar-refractivity contribution in [3.8, 4) is 17.1 Å². The SMILES string of the molecule is Cc1ccc2[nH]ncc2c1-c1ccc2c(N3C[C@H]4CC[C@@H](C3)N4)nc(OC[C@@H]3CCCN3C)nc2c1. The number of ether oxygens (including phenoxy) is 1. The highest BCUT2D eigenvalue weighted by molar-refractivity contribution is 6.00. The number of anilines is 1. The fourth-order valence-corrected chi connectivity index (χ4v) is 6.39. The molecule has 5 heterocycles. The van der Waals surface area contributed by atoms with Crippen LogP contribution in [0.5, 0.6) is 6.01 Å². The van der Waals surface area contributed by atoms with Gasteiger partial charge in [0, 0.05) is 42.0 Å². The average molecular weight is 484 g/mol. The molecule has 3 atom stereocenters. The normalized spacial score (nSPS) is 24.3. The van der Waals surface area contributed by atoms with Gasteiger partial charge in [0.05, 0.1) is 17.2 Å². The number of aryl methyl sites for hydroxylation is 1. The summed E-state index contributed by atoms with van der Waals surface area (Å²) in [6.45, 7) is 5.86. The van der Waals surface area contributed by atoms with Gasteiger partial charge in [0.2, 0.25) is 0 Å². The van der Waals surface area contributed by atoms with Gasteiger partial charge in [0.25, 0.3) is 0 Å². The van der Waals surface area contributed by atoms with Crippen molar-refractivity contribution in [2.75, 3.05) is 38.2 Å². The van der Waals surface area contributed by atoms with E-state index in [4.69, 9.17) is 14.7 Å². The lowest BCUT2D eigenvalue weighted by Gasteiger charge is -2.34. The first-order valence-corrected chi connectivity index (χ1v) is 13.2. The summed E-state index contributed by atoms with van der Waals surface area (Å²) in [5, 5.41) is 13.3. The van der Waals surface area contributed by atoms with Crippen LogP contribution in [0.15, 0.2) is 36.5 Å². The molecule has 8 heteroatoms. The summed E-state index contributed by atoms with van der Waals surface area (Å²) < 4.78 is 6.28. The highest BCUT2D eigenvalue weighted by Crippen LogP contribution is 2.36. The lowest BCUT2D eigenvalue weighted by Crippen LogP contribution is -2.51. The quantitative estimate of drug-likeness (QED) is 0.446. The zero-order chi connectivity index (χ0) is 24.2. The monoisotopic (exact) mass is 483 g/mol. The second-order valence-electron chi connectivity index (χ2n) is 10.8. The van der Waals surface area contributed by atoms with Crippen LogP contribution in [0.1, 0.15) is 31.2 Å². The molecular weight excluding hydrogens is 450 g/mol. The van der Waals surface area contributed by atoms with E-state index in [0.717, 1.165) is 59.2 Å². The summed E-state index contributed by atoms with van der Waals surface area (Å²) in [6.07, 6.45) is 6.77. The smallest absolute Gasteiger partial charge is 0.319 e. The van der Waals surface area contributed by atoms with Crippen LogP contribution in [0.25, 0.3) is 32.9 Å². The third-order valence-electron chi connectivity index (χ3n) is 8.37. The van der Waals surface area contributed by atoms with Gasteiger partial charge >= 0.3 is 6.01 Å². The van der Waals surface area contributed by atoms with Crippen LogP contribution >= 0.6 is 0 Å². The maximum atomic E-state index is 6.28. The van der Waals surface area contributed by atoms with Crippen LogP contribution in [0.2, 0.25) is 0 Å². The van der Waals surface area contributed by atoms with Gasteiger partial charge in [-0.25, -0.2) is 0 Å². The van der Waals surface area contributed by atoms with Crippen molar-refractivity contribution in [1.29, 1.82) is 0 Å². The molecule has 2 aromatic carbocycles. The number of fused-ring (bicyclic) bond motifs is 4. The van der Waals surface area contributed by atoms with Crippen molar-refractivity contribution in [2.24, 2.45) is 0 Å². The summed E-state index contributed by atoms with van der Waals surface area (Å²) in [5.41, 5.74) is 5.52. The van der Waals surface area contributed by atoms with Gasteiger partial charge < -0.3 is 19.9 Å². The van der Waals surface area contributed by atoms with Gasteiger partial charge in [-0.1, -0.05) is 12.1 Å². The van der Waals surface area contributed by atoms with Crippen molar-refractivity contribution < 1.29 is 4.74 Å². The molecule has 3 aliphatic heterocycles. The molecule has 0 amide bonds. The van der Waals surface area contributed by atoms with Gasteiger partial charge in [0.1, 0.15) is 12.4 Å². The van der Waals surface area contributed by atoms with E-state index in [0.29, 0.717) is 30.7 Å². The number of rotatable bonds is 5. The Morgan fingerprint density at radius 1 is 1.03 bits per heavy atom. The summed E-state index contributed by atoms with van der Waals surface area (Å²) in [4.78, 5) is 14.8.